The van der Waals surface area contributed by atoms with Crippen molar-refractivity contribution in [3.8, 4) is 0 Å². The van der Waals surface area contributed by atoms with Crippen molar-refractivity contribution >= 4 is 21.6 Å². The fraction of sp³-hybridized carbons (Fsp3) is 0.500. The monoisotopic (exact) mass is 300 g/mol. The predicted molar refractivity (Wildman–Crippen MR) is 71.2 cm³/mol. The number of ether oxygens (including phenoxy) is 1. The van der Waals surface area contributed by atoms with Crippen LogP contribution in [0.1, 0.15) is 11.6 Å². The van der Waals surface area contributed by atoms with Gasteiger partial charge in [0.05, 0.1) is 25.9 Å². The van der Waals surface area contributed by atoms with Gasteiger partial charge in [-0.15, -0.1) is 0 Å². The summed E-state index contributed by atoms with van der Waals surface area (Å²) >= 11 is 3.44. The third kappa shape index (κ3) is 2.98. The average Bonchev–Trinajstić information content (AvgIpc) is 2.38. The van der Waals surface area contributed by atoms with Crippen molar-refractivity contribution in [3.05, 3.63) is 28.2 Å². The maximum Gasteiger partial charge on any atom is 0.0642 e. The molecule has 0 aromatic heterocycles. The molecule has 1 atom stereocenters. The molecule has 2 rings (SSSR count). The number of morpholine rings is 1. The molecule has 0 spiro atoms. The van der Waals surface area contributed by atoms with Crippen LogP contribution < -0.4 is 10.6 Å². The molecule has 0 unspecified atom stereocenters. The Bertz CT molecular complexity index is 381. The molecule has 1 saturated heterocycles. The standard InChI is InChI=1S/C12H17BrN2O2/c13-9-1-2-12(10(7-9)11(14)8-16)15-3-5-17-6-4-15/h1-2,7,11,16H,3-6,8,14H2/t11-/m0/s1. The molecule has 0 aliphatic carbocycles. The molecule has 0 amide bonds. The van der Waals surface area contributed by atoms with E-state index in [1.54, 1.807) is 0 Å². The van der Waals surface area contributed by atoms with Gasteiger partial charge < -0.3 is 20.5 Å². The van der Waals surface area contributed by atoms with Crippen molar-refractivity contribution in [2.75, 3.05) is 37.8 Å². The van der Waals surface area contributed by atoms with E-state index < -0.39 is 0 Å². The third-order valence-electron chi connectivity index (χ3n) is 2.94. The van der Waals surface area contributed by atoms with E-state index in [1.165, 1.54) is 0 Å². The smallest absolute Gasteiger partial charge is 0.0642 e. The molecule has 1 fully saturated rings. The second-order valence-electron chi connectivity index (χ2n) is 4.09. The third-order valence-corrected chi connectivity index (χ3v) is 3.43. The second kappa shape index (κ2) is 5.82. The average molecular weight is 301 g/mol. The normalized spacial score (nSPS) is 18.2. The molecule has 1 heterocycles. The van der Waals surface area contributed by atoms with E-state index in [1.807, 2.05) is 18.2 Å². The molecular weight excluding hydrogens is 284 g/mol. The van der Waals surface area contributed by atoms with Crippen LogP contribution in [0, 0.1) is 0 Å². The number of halogens is 1. The highest BCUT2D eigenvalue weighted by molar-refractivity contribution is 9.10. The first-order valence-corrected chi connectivity index (χ1v) is 6.50. The molecule has 4 nitrogen and oxygen atoms in total. The Kier molecular flexibility index (Phi) is 4.39. The van der Waals surface area contributed by atoms with Gasteiger partial charge in [-0.25, -0.2) is 0 Å². The van der Waals surface area contributed by atoms with Crippen LogP contribution in [0.5, 0.6) is 0 Å². The van der Waals surface area contributed by atoms with Crippen LogP contribution in [0.4, 0.5) is 5.69 Å². The minimum Gasteiger partial charge on any atom is -0.394 e. The van der Waals surface area contributed by atoms with Gasteiger partial charge in [0.1, 0.15) is 0 Å². The van der Waals surface area contributed by atoms with Gasteiger partial charge in [0.15, 0.2) is 0 Å². The van der Waals surface area contributed by atoms with Gasteiger partial charge in [-0.2, -0.15) is 0 Å². The molecule has 0 bridgehead atoms. The number of nitrogens with zero attached hydrogens (tertiary/aromatic N) is 1. The quantitative estimate of drug-likeness (QED) is 0.883. The number of benzene rings is 1. The lowest BCUT2D eigenvalue weighted by Crippen LogP contribution is -2.37. The van der Waals surface area contributed by atoms with Crippen LogP contribution in [0.3, 0.4) is 0 Å². The predicted octanol–water partition coefficient (Wildman–Crippen LogP) is 1.28. The maximum atomic E-state index is 9.22. The number of aliphatic hydroxyl groups excluding tert-OH is 1. The molecule has 1 aromatic carbocycles. The van der Waals surface area contributed by atoms with Gasteiger partial charge in [0, 0.05) is 23.2 Å². The van der Waals surface area contributed by atoms with E-state index in [0.29, 0.717) is 0 Å². The van der Waals surface area contributed by atoms with Crippen LogP contribution in [-0.4, -0.2) is 38.0 Å². The van der Waals surface area contributed by atoms with Gasteiger partial charge in [-0.1, -0.05) is 15.9 Å². The maximum absolute atomic E-state index is 9.22. The summed E-state index contributed by atoms with van der Waals surface area (Å²) in [6.07, 6.45) is 0. The van der Waals surface area contributed by atoms with Gasteiger partial charge in [-0.3, -0.25) is 0 Å². The van der Waals surface area contributed by atoms with Crippen molar-refractivity contribution in [1.29, 1.82) is 0 Å². The van der Waals surface area contributed by atoms with Crippen molar-refractivity contribution in [2.24, 2.45) is 5.73 Å². The number of hydrogen-bond donors (Lipinski definition) is 2. The summed E-state index contributed by atoms with van der Waals surface area (Å²) in [7, 11) is 0. The summed E-state index contributed by atoms with van der Waals surface area (Å²) in [5.74, 6) is 0. The first-order valence-electron chi connectivity index (χ1n) is 5.71. The highest BCUT2D eigenvalue weighted by Gasteiger charge is 2.18. The van der Waals surface area contributed by atoms with Gasteiger partial charge >= 0.3 is 0 Å². The molecule has 1 aliphatic rings. The minimum absolute atomic E-state index is 0.0478. The summed E-state index contributed by atoms with van der Waals surface area (Å²) in [5.41, 5.74) is 8.01. The lowest BCUT2D eigenvalue weighted by atomic mass is 10.0. The Morgan fingerprint density at radius 2 is 2.12 bits per heavy atom. The number of nitrogens with two attached hydrogens (primary N) is 1. The fourth-order valence-corrected chi connectivity index (χ4v) is 2.39. The van der Waals surface area contributed by atoms with E-state index >= 15 is 0 Å². The lowest BCUT2D eigenvalue weighted by Gasteiger charge is -2.31. The Hall–Kier alpha value is -0.620. The van der Waals surface area contributed by atoms with Crippen molar-refractivity contribution in [3.63, 3.8) is 0 Å². The van der Waals surface area contributed by atoms with Crippen LogP contribution in [0.2, 0.25) is 0 Å². The summed E-state index contributed by atoms with van der Waals surface area (Å²) in [6, 6.07) is 5.68. The van der Waals surface area contributed by atoms with E-state index in [4.69, 9.17) is 10.5 Å². The second-order valence-corrected chi connectivity index (χ2v) is 5.01. The number of rotatable bonds is 3. The Morgan fingerprint density at radius 3 is 2.76 bits per heavy atom. The summed E-state index contributed by atoms with van der Waals surface area (Å²) < 4.78 is 6.32. The number of hydrogen-bond acceptors (Lipinski definition) is 4. The zero-order valence-electron chi connectivity index (χ0n) is 9.60. The van der Waals surface area contributed by atoms with Gasteiger partial charge in [-0.05, 0) is 23.8 Å². The molecule has 3 N–H and O–H groups in total. The molecule has 1 aliphatic heterocycles. The van der Waals surface area contributed by atoms with Crippen LogP contribution in [0.25, 0.3) is 0 Å². The fourth-order valence-electron chi connectivity index (χ4n) is 2.01. The topological polar surface area (TPSA) is 58.7 Å². The molecule has 94 valence electrons. The van der Waals surface area contributed by atoms with Crippen molar-refractivity contribution in [2.45, 2.75) is 6.04 Å². The highest BCUT2D eigenvalue weighted by atomic mass is 79.9. The zero-order chi connectivity index (χ0) is 12.3. The first kappa shape index (κ1) is 12.8. The van der Waals surface area contributed by atoms with Crippen molar-refractivity contribution < 1.29 is 9.84 Å². The first-order chi connectivity index (χ1) is 8.22. The SMILES string of the molecule is N[C@@H](CO)c1cc(Br)ccc1N1CCOCC1. The highest BCUT2D eigenvalue weighted by Crippen LogP contribution is 2.29. The summed E-state index contributed by atoms with van der Waals surface area (Å²) in [4.78, 5) is 2.25. The van der Waals surface area contributed by atoms with Crippen LogP contribution in [0.15, 0.2) is 22.7 Å². The molecular formula is C12H17BrN2O2. The Morgan fingerprint density at radius 1 is 1.41 bits per heavy atom. The summed E-state index contributed by atoms with van der Waals surface area (Å²) in [5, 5.41) is 9.22. The van der Waals surface area contributed by atoms with Crippen LogP contribution in [-0.2, 0) is 4.74 Å². The van der Waals surface area contributed by atoms with Gasteiger partial charge in [0.2, 0.25) is 0 Å². The van der Waals surface area contributed by atoms with Gasteiger partial charge in [0.25, 0.3) is 0 Å². The molecule has 0 saturated carbocycles. The molecule has 17 heavy (non-hydrogen) atoms. The molecule has 0 radical (unpaired) electrons. The van der Waals surface area contributed by atoms with E-state index in [2.05, 4.69) is 20.8 Å². The number of aliphatic hydroxyl groups is 1. The minimum atomic E-state index is -0.342. The van der Waals surface area contributed by atoms with Crippen LogP contribution >= 0.6 is 15.9 Å². The zero-order valence-corrected chi connectivity index (χ0v) is 11.2. The van der Waals surface area contributed by atoms with E-state index in [0.717, 1.165) is 42.0 Å². The largest absolute Gasteiger partial charge is 0.394 e. The van der Waals surface area contributed by atoms with E-state index in [-0.39, 0.29) is 12.6 Å². The van der Waals surface area contributed by atoms with E-state index in [9.17, 15) is 5.11 Å². The lowest BCUT2D eigenvalue weighted by molar-refractivity contribution is 0.122. The number of anilines is 1. The Balaban J connectivity index is 2.30. The molecule has 1 aromatic rings. The Labute approximate surface area is 109 Å². The van der Waals surface area contributed by atoms with Crippen molar-refractivity contribution in [1.82, 2.24) is 0 Å². The molecule has 5 heteroatoms. The summed E-state index contributed by atoms with van der Waals surface area (Å²) in [6.45, 7) is 3.17.